The van der Waals surface area contributed by atoms with E-state index in [1.807, 2.05) is 0 Å². The van der Waals surface area contributed by atoms with Crippen molar-refractivity contribution in [2.75, 3.05) is 33.8 Å². The first-order chi connectivity index (χ1) is 14.3. The molecule has 0 aliphatic carbocycles. The van der Waals surface area contributed by atoms with Gasteiger partial charge in [-0.05, 0) is 37.6 Å². The van der Waals surface area contributed by atoms with Crippen molar-refractivity contribution >= 4 is 29.2 Å². The van der Waals surface area contributed by atoms with Crippen molar-refractivity contribution in [2.45, 2.75) is 20.0 Å². The summed E-state index contributed by atoms with van der Waals surface area (Å²) < 4.78 is 26.3. The second-order valence-corrected chi connectivity index (χ2v) is 6.63. The van der Waals surface area contributed by atoms with Crippen LogP contribution in [0, 0.1) is 6.92 Å². The molecule has 8 nitrogen and oxygen atoms in total. The Bertz CT molecular complexity index is 945. The summed E-state index contributed by atoms with van der Waals surface area (Å²) in [5.41, 5.74) is 1.26. The molecular weight excluding hydrogens is 414 g/mol. The number of aryl methyl sites for hydroxylation is 1. The van der Waals surface area contributed by atoms with E-state index in [0.717, 1.165) is 5.56 Å². The number of carbonyl (C=O) groups is 2. The zero-order chi connectivity index (χ0) is 22.4. The molecule has 0 spiro atoms. The minimum atomic E-state index is -1.10. The van der Waals surface area contributed by atoms with Crippen LogP contribution in [-0.2, 0) is 9.53 Å². The molecule has 0 saturated carbocycles. The molecule has 1 unspecified atom stereocenters. The first kappa shape index (κ1) is 23.2. The first-order valence-electron chi connectivity index (χ1n) is 8.92. The van der Waals surface area contributed by atoms with Crippen molar-refractivity contribution in [3.63, 3.8) is 0 Å². The Balaban J connectivity index is 2.20. The number of rotatable bonds is 8. The maximum absolute atomic E-state index is 12.7. The van der Waals surface area contributed by atoms with Gasteiger partial charge in [-0.25, -0.2) is 4.79 Å². The molecule has 0 aliphatic heterocycles. The lowest BCUT2D eigenvalue weighted by atomic mass is 10.1. The zero-order valence-electron chi connectivity index (χ0n) is 17.6. The van der Waals surface area contributed by atoms with Crippen molar-refractivity contribution in [1.82, 2.24) is 0 Å². The van der Waals surface area contributed by atoms with E-state index in [1.54, 1.807) is 25.1 Å². The Labute approximate surface area is 180 Å². The van der Waals surface area contributed by atoms with Crippen molar-refractivity contribution in [3.05, 3.63) is 40.4 Å². The Kier molecular flexibility index (Phi) is 7.77. The van der Waals surface area contributed by atoms with Gasteiger partial charge in [0.2, 0.25) is 5.75 Å². The van der Waals surface area contributed by atoms with Crippen LogP contribution in [0.3, 0.4) is 0 Å². The van der Waals surface area contributed by atoms with Gasteiger partial charge in [-0.2, -0.15) is 0 Å². The van der Waals surface area contributed by atoms with E-state index in [1.165, 1.54) is 41.4 Å². The van der Waals surface area contributed by atoms with Crippen molar-refractivity contribution < 1.29 is 33.3 Å². The van der Waals surface area contributed by atoms with E-state index >= 15 is 0 Å². The largest absolute Gasteiger partial charge is 0.495 e. The molecule has 0 saturated heterocycles. The van der Waals surface area contributed by atoms with Crippen LogP contribution in [0.5, 0.6) is 23.0 Å². The lowest BCUT2D eigenvalue weighted by molar-refractivity contribution is -0.123. The number of carbonyl (C=O) groups excluding carboxylic acids is 2. The average Bonchev–Trinajstić information content (AvgIpc) is 2.74. The van der Waals surface area contributed by atoms with Gasteiger partial charge in [0, 0.05) is 11.1 Å². The quantitative estimate of drug-likeness (QED) is 0.626. The van der Waals surface area contributed by atoms with Crippen LogP contribution < -0.4 is 24.3 Å². The van der Waals surface area contributed by atoms with Gasteiger partial charge < -0.3 is 29.0 Å². The molecule has 0 radical (unpaired) electrons. The van der Waals surface area contributed by atoms with Crippen LogP contribution in [0.25, 0.3) is 0 Å². The maximum atomic E-state index is 12.7. The Morgan fingerprint density at radius 3 is 2.13 bits per heavy atom. The minimum Gasteiger partial charge on any atom is -0.495 e. The Morgan fingerprint density at radius 2 is 1.57 bits per heavy atom. The molecule has 30 heavy (non-hydrogen) atoms. The molecule has 2 aromatic carbocycles. The molecule has 162 valence electrons. The number of anilines is 1. The third-order valence-corrected chi connectivity index (χ3v) is 4.72. The van der Waals surface area contributed by atoms with E-state index in [2.05, 4.69) is 5.32 Å². The molecular formula is C21H24ClNO7. The van der Waals surface area contributed by atoms with Gasteiger partial charge in [0.25, 0.3) is 5.91 Å². The highest BCUT2D eigenvalue weighted by Gasteiger charge is 2.26. The summed E-state index contributed by atoms with van der Waals surface area (Å²) in [6.45, 7) is 3.25. The topological polar surface area (TPSA) is 92.3 Å². The van der Waals surface area contributed by atoms with Gasteiger partial charge in [-0.1, -0.05) is 11.6 Å². The summed E-state index contributed by atoms with van der Waals surface area (Å²) in [5, 5.41) is 3.18. The maximum Gasteiger partial charge on any atom is 0.342 e. The normalized spacial score (nSPS) is 11.3. The second kappa shape index (κ2) is 10.1. The molecule has 1 atom stereocenters. The minimum absolute atomic E-state index is 0.0923. The number of ether oxygens (including phenoxy) is 5. The number of hydrogen-bond donors (Lipinski definition) is 1. The van der Waals surface area contributed by atoms with Crippen LogP contribution in [0.4, 0.5) is 5.69 Å². The van der Waals surface area contributed by atoms with Gasteiger partial charge in [0.1, 0.15) is 11.3 Å². The van der Waals surface area contributed by atoms with E-state index in [-0.39, 0.29) is 17.1 Å². The summed E-state index contributed by atoms with van der Waals surface area (Å²) in [4.78, 5) is 25.2. The first-order valence-corrected chi connectivity index (χ1v) is 9.30. The van der Waals surface area contributed by atoms with Gasteiger partial charge >= 0.3 is 5.97 Å². The predicted molar refractivity (Wildman–Crippen MR) is 112 cm³/mol. The highest BCUT2D eigenvalue weighted by atomic mass is 35.5. The van der Waals surface area contributed by atoms with E-state index in [9.17, 15) is 9.59 Å². The summed E-state index contributed by atoms with van der Waals surface area (Å²) in [6, 6.07) is 6.28. The fourth-order valence-corrected chi connectivity index (χ4v) is 2.86. The molecule has 0 bridgehead atoms. The smallest absolute Gasteiger partial charge is 0.342 e. The molecule has 0 fully saturated rings. The van der Waals surface area contributed by atoms with Crippen molar-refractivity contribution in [3.8, 4) is 23.0 Å². The summed E-state index contributed by atoms with van der Waals surface area (Å²) in [5.74, 6) is -0.129. The molecule has 1 N–H and O–H groups in total. The van der Waals surface area contributed by atoms with Gasteiger partial charge in [0.15, 0.2) is 17.6 Å². The summed E-state index contributed by atoms with van der Waals surface area (Å²) >= 11 is 6.08. The zero-order valence-corrected chi connectivity index (χ0v) is 18.4. The summed E-state index contributed by atoms with van der Waals surface area (Å²) in [7, 11) is 5.74. The highest BCUT2D eigenvalue weighted by molar-refractivity contribution is 6.31. The van der Waals surface area contributed by atoms with Gasteiger partial charge in [-0.15, -0.1) is 0 Å². The monoisotopic (exact) mass is 437 g/mol. The number of methoxy groups -OCH3 is 4. The molecule has 0 aromatic heterocycles. The number of benzene rings is 2. The molecule has 0 heterocycles. The second-order valence-electron chi connectivity index (χ2n) is 6.22. The van der Waals surface area contributed by atoms with Crippen LogP contribution in [0.2, 0.25) is 5.02 Å². The van der Waals surface area contributed by atoms with Gasteiger partial charge in [-0.3, -0.25) is 4.79 Å². The predicted octanol–water partition coefficient (Wildman–Crippen LogP) is 3.87. The highest BCUT2D eigenvalue weighted by Crippen LogP contribution is 2.40. The third-order valence-electron chi connectivity index (χ3n) is 4.32. The molecule has 1 amide bonds. The third kappa shape index (κ3) is 4.88. The lowest BCUT2D eigenvalue weighted by Crippen LogP contribution is -2.30. The van der Waals surface area contributed by atoms with E-state index in [4.69, 9.17) is 35.3 Å². The number of nitrogens with one attached hydrogen (secondary N) is 1. The number of halogens is 1. The molecule has 2 rings (SSSR count). The number of esters is 1. The van der Waals surface area contributed by atoms with Gasteiger partial charge in [0.05, 0.1) is 34.1 Å². The standard InChI is InChI=1S/C21H24ClNO7/c1-11-9-15(17(27-4)10-14(11)22)23-20(24)12(2)30-21(25)13-7-8-16(26-3)19(29-6)18(13)28-5/h7-10,12H,1-6H3,(H,23,24). The number of hydrogen-bond acceptors (Lipinski definition) is 7. The van der Waals surface area contributed by atoms with E-state index in [0.29, 0.717) is 22.2 Å². The van der Waals surface area contributed by atoms with Crippen LogP contribution in [-0.4, -0.2) is 46.4 Å². The summed E-state index contributed by atoms with van der Waals surface area (Å²) in [6.07, 6.45) is -1.10. The Hall–Kier alpha value is -3.13. The van der Waals surface area contributed by atoms with Crippen LogP contribution in [0.15, 0.2) is 24.3 Å². The van der Waals surface area contributed by atoms with Crippen molar-refractivity contribution in [2.24, 2.45) is 0 Å². The number of amides is 1. The lowest BCUT2D eigenvalue weighted by Gasteiger charge is -2.18. The van der Waals surface area contributed by atoms with E-state index < -0.39 is 18.0 Å². The molecule has 9 heteroatoms. The average molecular weight is 438 g/mol. The molecule has 2 aromatic rings. The Morgan fingerprint density at radius 1 is 0.933 bits per heavy atom. The van der Waals surface area contributed by atoms with Crippen LogP contribution in [0.1, 0.15) is 22.8 Å². The fraction of sp³-hybridized carbons (Fsp3) is 0.333. The van der Waals surface area contributed by atoms with Crippen molar-refractivity contribution in [1.29, 1.82) is 0 Å². The fourth-order valence-electron chi connectivity index (χ4n) is 2.70. The van der Waals surface area contributed by atoms with Crippen LogP contribution >= 0.6 is 11.6 Å². The SMILES string of the molecule is COc1cc(Cl)c(C)cc1NC(=O)C(C)OC(=O)c1ccc(OC)c(OC)c1OC. The molecule has 0 aliphatic rings.